The Balaban J connectivity index is 1.76. The molecule has 8 heteroatoms. The number of carbonyl (C=O) groups is 1. The number of morpholine rings is 1. The van der Waals surface area contributed by atoms with Crippen LogP contribution in [0.4, 0.5) is 5.95 Å². The molecular weight excluding hydrogens is 372 g/mol. The zero-order valence-electron chi connectivity index (χ0n) is 17.2. The first-order chi connectivity index (χ1) is 14.0. The second-order valence-electron chi connectivity index (χ2n) is 7.20. The van der Waals surface area contributed by atoms with E-state index in [1.807, 2.05) is 24.0 Å². The van der Waals surface area contributed by atoms with E-state index in [9.17, 15) is 9.59 Å². The molecule has 0 unspecified atom stereocenters. The molecule has 0 spiro atoms. The third-order valence-electron chi connectivity index (χ3n) is 4.99. The second kappa shape index (κ2) is 9.67. The van der Waals surface area contributed by atoms with Gasteiger partial charge in [-0.1, -0.05) is 18.2 Å². The molecule has 1 aromatic heterocycles. The van der Waals surface area contributed by atoms with Crippen molar-refractivity contribution in [2.75, 3.05) is 38.3 Å². The fraction of sp³-hybridized carbons (Fsp3) is 0.476. The van der Waals surface area contributed by atoms with Gasteiger partial charge in [-0.25, -0.2) is 4.98 Å². The standard InChI is InChI=1S/C21H28N4O4/c1-15-4-5-17(10-16(15)2)12-22-19(26)13-25-20(27)11-18(14-28-3)23-21(25)24-6-8-29-9-7-24/h4-5,10-11H,6-9,12-14H2,1-3H3,(H,22,26). The van der Waals surface area contributed by atoms with Crippen molar-refractivity contribution < 1.29 is 14.3 Å². The third kappa shape index (κ3) is 5.42. The summed E-state index contributed by atoms with van der Waals surface area (Å²) in [6.07, 6.45) is 0. The lowest BCUT2D eigenvalue weighted by atomic mass is 10.1. The van der Waals surface area contributed by atoms with Gasteiger partial charge < -0.3 is 19.7 Å². The second-order valence-corrected chi connectivity index (χ2v) is 7.20. The monoisotopic (exact) mass is 400 g/mol. The summed E-state index contributed by atoms with van der Waals surface area (Å²) >= 11 is 0. The van der Waals surface area contributed by atoms with Gasteiger partial charge in [0.05, 0.1) is 25.5 Å². The smallest absolute Gasteiger partial charge is 0.255 e. The van der Waals surface area contributed by atoms with Crippen molar-refractivity contribution in [3.05, 3.63) is 57.0 Å². The number of hydrogen-bond acceptors (Lipinski definition) is 6. The van der Waals surface area contributed by atoms with Gasteiger partial charge in [0.15, 0.2) is 0 Å². The van der Waals surface area contributed by atoms with E-state index >= 15 is 0 Å². The first-order valence-corrected chi connectivity index (χ1v) is 9.73. The average Bonchev–Trinajstić information content (AvgIpc) is 2.71. The first-order valence-electron chi connectivity index (χ1n) is 9.73. The van der Waals surface area contributed by atoms with Gasteiger partial charge in [-0.3, -0.25) is 14.2 Å². The lowest BCUT2D eigenvalue weighted by Crippen LogP contribution is -2.42. The number of benzene rings is 1. The number of nitrogens with one attached hydrogen (secondary N) is 1. The Labute approximate surface area is 170 Å². The van der Waals surface area contributed by atoms with Crippen molar-refractivity contribution in [1.82, 2.24) is 14.9 Å². The maximum Gasteiger partial charge on any atom is 0.255 e. The Kier molecular flexibility index (Phi) is 7.00. The molecule has 0 atom stereocenters. The molecular formula is C21H28N4O4. The summed E-state index contributed by atoms with van der Waals surface area (Å²) in [5.41, 5.74) is 3.70. The van der Waals surface area contributed by atoms with Gasteiger partial charge in [-0.2, -0.15) is 0 Å². The highest BCUT2D eigenvalue weighted by molar-refractivity contribution is 5.76. The van der Waals surface area contributed by atoms with E-state index in [-0.39, 0.29) is 24.6 Å². The van der Waals surface area contributed by atoms with Crippen LogP contribution in [0.3, 0.4) is 0 Å². The largest absolute Gasteiger partial charge is 0.378 e. The molecule has 0 saturated carbocycles. The van der Waals surface area contributed by atoms with Gasteiger partial charge in [0.25, 0.3) is 5.56 Å². The summed E-state index contributed by atoms with van der Waals surface area (Å²) in [4.78, 5) is 31.8. The Morgan fingerprint density at radius 3 is 2.66 bits per heavy atom. The molecule has 0 bridgehead atoms. The Hall–Kier alpha value is -2.71. The highest BCUT2D eigenvalue weighted by Gasteiger charge is 2.20. The average molecular weight is 400 g/mol. The molecule has 0 aliphatic carbocycles. The van der Waals surface area contributed by atoms with Gasteiger partial charge >= 0.3 is 0 Å². The zero-order valence-corrected chi connectivity index (χ0v) is 17.2. The van der Waals surface area contributed by atoms with Crippen LogP contribution in [0.25, 0.3) is 0 Å². The summed E-state index contributed by atoms with van der Waals surface area (Å²) in [5.74, 6) is 0.246. The number of carbonyl (C=O) groups excluding carboxylic acids is 1. The van der Waals surface area contributed by atoms with Gasteiger partial charge in [-0.05, 0) is 30.5 Å². The Bertz CT molecular complexity index is 919. The van der Waals surface area contributed by atoms with Crippen LogP contribution in [0.1, 0.15) is 22.4 Å². The summed E-state index contributed by atoms with van der Waals surface area (Å²) in [6, 6.07) is 7.51. The van der Waals surface area contributed by atoms with Crippen LogP contribution in [0, 0.1) is 13.8 Å². The van der Waals surface area contributed by atoms with Crippen LogP contribution < -0.4 is 15.8 Å². The Morgan fingerprint density at radius 2 is 1.97 bits per heavy atom. The van der Waals surface area contributed by atoms with Crippen molar-refractivity contribution in [2.24, 2.45) is 0 Å². The van der Waals surface area contributed by atoms with Crippen molar-refractivity contribution in [3.63, 3.8) is 0 Å². The molecule has 1 fully saturated rings. The summed E-state index contributed by atoms with van der Waals surface area (Å²) < 4.78 is 11.9. The van der Waals surface area contributed by atoms with Crippen LogP contribution >= 0.6 is 0 Å². The van der Waals surface area contributed by atoms with Crippen LogP contribution in [0.5, 0.6) is 0 Å². The van der Waals surface area contributed by atoms with E-state index in [1.165, 1.54) is 21.8 Å². The van der Waals surface area contributed by atoms with Crippen LogP contribution in [-0.4, -0.2) is 48.9 Å². The number of aryl methyl sites for hydroxylation is 2. The first kappa shape index (κ1) is 21.0. The van der Waals surface area contributed by atoms with Crippen molar-refractivity contribution in [1.29, 1.82) is 0 Å². The molecule has 1 aliphatic rings. The number of ether oxygens (including phenoxy) is 2. The van der Waals surface area contributed by atoms with Gasteiger partial charge in [0.1, 0.15) is 6.54 Å². The van der Waals surface area contributed by atoms with Crippen LogP contribution in [0.2, 0.25) is 0 Å². The molecule has 1 N–H and O–H groups in total. The summed E-state index contributed by atoms with van der Waals surface area (Å²) in [6.45, 7) is 7.02. The van der Waals surface area contributed by atoms with E-state index in [1.54, 1.807) is 7.11 Å². The molecule has 156 valence electrons. The summed E-state index contributed by atoms with van der Waals surface area (Å²) in [7, 11) is 1.56. The van der Waals surface area contributed by atoms with Crippen LogP contribution in [-0.2, 0) is 34.0 Å². The van der Waals surface area contributed by atoms with Crippen molar-refractivity contribution in [2.45, 2.75) is 33.5 Å². The highest BCUT2D eigenvalue weighted by atomic mass is 16.5. The molecule has 2 heterocycles. The molecule has 8 nitrogen and oxygen atoms in total. The molecule has 1 aromatic carbocycles. The number of hydrogen-bond donors (Lipinski definition) is 1. The number of aromatic nitrogens is 2. The topological polar surface area (TPSA) is 85.7 Å². The molecule has 0 radical (unpaired) electrons. The zero-order chi connectivity index (χ0) is 20.8. The lowest BCUT2D eigenvalue weighted by Gasteiger charge is -2.29. The minimum absolute atomic E-state index is 0.0867. The molecule has 2 aromatic rings. The number of methoxy groups -OCH3 is 1. The van der Waals surface area contributed by atoms with E-state index in [0.717, 1.165) is 5.56 Å². The van der Waals surface area contributed by atoms with Gasteiger partial charge in [-0.15, -0.1) is 0 Å². The SMILES string of the molecule is COCc1cc(=O)n(CC(=O)NCc2ccc(C)c(C)c2)c(N2CCOCC2)n1. The predicted octanol–water partition coefficient (Wildman–Crippen LogP) is 1.16. The minimum Gasteiger partial charge on any atom is -0.378 e. The van der Waals surface area contributed by atoms with Crippen molar-refractivity contribution >= 4 is 11.9 Å². The normalized spacial score (nSPS) is 14.1. The fourth-order valence-electron chi connectivity index (χ4n) is 3.23. The number of amides is 1. The minimum atomic E-state index is -0.269. The van der Waals surface area contributed by atoms with E-state index in [0.29, 0.717) is 44.5 Å². The van der Waals surface area contributed by atoms with E-state index < -0.39 is 0 Å². The maximum absolute atomic E-state index is 12.7. The lowest BCUT2D eigenvalue weighted by molar-refractivity contribution is -0.121. The molecule has 1 aliphatic heterocycles. The summed E-state index contributed by atoms with van der Waals surface area (Å²) in [5, 5.41) is 2.90. The number of anilines is 1. The molecule has 3 rings (SSSR count). The molecule has 1 saturated heterocycles. The highest BCUT2D eigenvalue weighted by Crippen LogP contribution is 2.13. The molecule has 29 heavy (non-hydrogen) atoms. The van der Waals surface area contributed by atoms with Crippen LogP contribution in [0.15, 0.2) is 29.1 Å². The van der Waals surface area contributed by atoms with Gasteiger partial charge in [0.2, 0.25) is 11.9 Å². The third-order valence-corrected chi connectivity index (χ3v) is 4.99. The Morgan fingerprint density at radius 1 is 1.21 bits per heavy atom. The van der Waals surface area contributed by atoms with E-state index in [4.69, 9.17) is 9.47 Å². The van der Waals surface area contributed by atoms with E-state index in [2.05, 4.69) is 23.3 Å². The fourth-order valence-corrected chi connectivity index (χ4v) is 3.23. The van der Waals surface area contributed by atoms with Crippen molar-refractivity contribution in [3.8, 4) is 0 Å². The molecule has 1 amide bonds. The quantitative estimate of drug-likeness (QED) is 0.751. The maximum atomic E-state index is 12.7. The number of rotatable bonds is 7. The number of nitrogens with zero attached hydrogens (tertiary/aromatic N) is 3. The van der Waals surface area contributed by atoms with Gasteiger partial charge in [0, 0.05) is 32.8 Å². The predicted molar refractivity (Wildman–Crippen MR) is 110 cm³/mol.